The van der Waals surface area contributed by atoms with Crippen LogP contribution >= 0.6 is 0 Å². The molecule has 0 aliphatic rings. The average molecular weight is 662 g/mol. The highest BCUT2D eigenvalue weighted by Gasteiger charge is 2.14. The molecular weight excluding hydrogens is 574 g/mol. The maximum Gasteiger partial charge on any atom is 0.133 e. The maximum atomic E-state index is 12.9. The number of hydrogen-bond acceptors (Lipinski definition) is 3. The van der Waals surface area contributed by atoms with E-state index in [4.69, 9.17) is 4.74 Å². The van der Waals surface area contributed by atoms with Crippen molar-refractivity contribution in [3.05, 3.63) is 12.3 Å². The summed E-state index contributed by atoms with van der Waals surface area (Å²) in [7, 11) is 2.14. The Balaban J connectivity index is 3.96. The maximum absolute atomic E-state index is 12.9. The van der Waals surface area contributed by atoms with Gasteiger partial charge in [0.15, 0.2) is 0 Å². The third kappa shape index (κ3) is 32.2. The van der Waals surface area contributed by atoms with E-state index in [1.165, 1.54) is 180 Å². The Labute approximate surface area is 297 Å². The fraction of sp³-hybridized carbons (Fsp3) is 0.932. The van der Waals surface area contributed by atoms with E-state index in [1.807, 2.05) is 0 Å². The number of unbranched alkanes of at least 4 members (excludes halogenated alkanes) is 19. The largest absolute Gasteiger partial charge is 0.495 e. The second-order valence-corrected chi connectivity index (χ2v) is 15.1. The van der Waals surface area contributed by atoms with Gasteiger partial charge in [-0.2, -0.15) is 0 Å². The fourth-order valence-corrected chi connectivity index (χ4v) is 7.19. The Bertz CT molecular complexity index is 645. The van der Waals surface area contributed by atoms with Crippen LogP contribution in [0.25, 0.3) is 0 Å². The number of carbonyl (C=O) groups is 1. The van der Waals surface area contributed by atoms with Crippen molar-refractivity contribution in [1.29, 1.82) is 0 Å². The van der Waals surface area contributed by atoms with E-state index >= 15 is 0 Å². The molecule has 0 aliphatic carbocycles. The van der Waals surface area contributed by atoms with Crippen LogP contribution in [-0.4, -0.2) is 25.0 Å². The van der Waals surface area contributed by atoms with Gasteiger partial charge in [0.05, 0.1) is 11.9 Å². The van der Waals surface area contributed by atoms with Crippen LogP contribution in [0.15, 0.2) is 12.3 Å². The van der Waals surface area contributed by atoms with E-state index in [2.05, 4.69) is 46.6 Å². The summed E-state index contributed by atoms with van der Waals surface area (Å²) in [5.74, 6) is 2.20. The van der Waals surface area contributed by atoms with E-state index in [1.54, 1.807) is 0 Å². The molecule has 0 rings (SSSR count). The Morgan fingerprint density at radius 2 is 0.957 bits per heavy atom. The van der Waals surface area contributed by atoms with Crippen LogP contribution in [0.4, 0.5) is 0 Å². The minimum absolute atomic E-state index is 0.368. The Morgan fingerprint density at radius 1 is 0.532 bits per heavy atom. The highest BCUT2D eigenvalue weighted by atomic mass is 16.5. The van der Waals surface area contributed by atoms with Gasteiger partial charge >= 0.3 is 0 Å². The molecule has 0 aromatic heterocycles. The molecule has 280 valence electrons. The molecule has 0 saturated heterocycles. The van der Waals surface area contributed by atoms with Gasteiger partial charge in [0.1, 0.15) is 5.78 Å². The fourth-order valence-electron chi connectivity index (χ4n) is 7.19. The zero-order valence-corrected chi connectivity index (χ0v) is 33.1. The molecule has 0 aliphatic heterocycles. The molecule has 0 spiro atoms. The number of rotatable bonds is 39. The van der Waals surface area contributed by atoms with Crippen molar-refractivity contribution in [2.45, 2.75) is 252 Å². The molecule has 0 amide bonds. The number of Topliss-reactive ketones (excluding diaryl/α,β-unsaturated/α-hetero) is 1. The van der Waals surface area contributed by atoms with Gasteiger partial charge in [-0.1, -0.05) is 188 Å². The van der Waals surface area contributed by atoms with Crippen molar-refractivity contribution in [1.82, 2.24) is 5.32 Å². The average Bonchev–Trinajstić information content (AvgIpc) is 3.07. The minimum Gasteiger partial charge on any atom is -0.495 e. The first-order valence-electron chi connectivity index (χ1n) is 21.5. The second-order valence-electron chi connectivity index (χ2n) is 15.1. The molecule has 3 nitrogen and oxygen atoms in total. The summed E-state index contributed by atoms with van der Waals surface area (Å²) in [6, 6.07) is 0.661. The lowest BCUT2D eigenvalue weighted by atomic mass is 9.89. The zero-order chi connectivity index (χ0) is 34.6. The van der Waals surface area contributed by atoms with E-state index in [9.17, 15) is 4.79 Å². The number of nitrogens with one attached hydrogen (secondary N) is 1. The molecule has 0 heterocycles. The Kier molecular flexibility index (Phi) is 35.8. The number of ketones is 1. The van der Waals surface area contributed by atoms with Crippen molar-refractivity contribution < 1.29 is 9.53 Å². The molecule has 0 bridgehead atoms. The van der Waals surface area contributed by atoms with Crippen molar-refractivity contribution in [3.8, 4) is 0 Å². The molecule has 0 fully saturated rings. The SMILES string of the molecule is C=C(CCCCCCCC(CCCCCCCC(=O)CC(CCCCCCCC)CCCCCCCC)NC)OC(CC)CCCC. The Hall–Kier alpha value is -0.830. The van der Waals surface area contributed by atoms with Gasteiger partial charge in [0.2, 0.25) is 0 Å². The van der Waals surface area contributed by atoms with Crippen LogP contribution in [-0.2, 0) is 9.53 Å². The summed E-state index contributed by atoms with van der Waals surface area (Å²) in [4.78, 5) is 12.9. The summed E-state index contributed by atoms with van der Waals surface area (Å²) in [5.41, 5.74) is 0. The smallest absolute Gasteiger partial charge is 0.133 e. The van der Waals surface area contributed by atoms with Crippen LogP contribution in [0.3, 0.4) is 0 Å². The highest BCUT2D eigenvalue weighted by Crippen LogP contribution is 2.24. The summed E-state index contributed by atoms with van der Waals surface area (Å²) in [5, 5.41) is 3.57. The topological polar surface area (TPSA) is 38.3 Å². The van der Waals surface area contributed by atoms with Crippen molar-refractivity contribution in [3.63, 3.8) is 0 Å². The summed E-state index contributed by atoms with van der Waals surface area (Å²) in [6.07, 6.45) is 42.0. The quantitative estimate of drug-likeness (QED) is 0.0526. The van der Waals surface area contributed by atoms with E-state index in [0.29, 0.717) is 23.8 Å². The van der Waals surface area contributed by atoms with Crippen molar-refractivity contribution in [2.75, 3.05) is 7.05 Å². The first-order valence-corrected chi connectivity index (χ1v) is 21.5. The molecule has 1 N–H and O–H groups in total. The number of hydrogen-bond donors (Lipinski definition) is 1. The highest BCUT2D eigenvalue weighted by molar-refractivity contribution is 5.78. The third-order valence-corrected chi connectivity index (χ3v) is 10.5. The normalized spacial score (nSPS) is 12.9. The molecule has 47 heavy (non-hydrogen) atoms. The molecule has 0 saturated carbocycles. The first kappa shape index (κ1) is 46.2. The molecule has 0 radical (unpaired) electrons. The lowest BCUT2D eigenvalue weighted by Gasteiger charge is -2.19. The summed E-state index contributed by atoms with van der Waals surface area (Å²) < 4.78 is 6.10. The molecule has 0 aromatic carbocycles. The van der Waals surface area contributed by atoms with Gasteiger partial charge in [-0.25, -0.2) is 0 Å². The molecule has 3 heteroatoms. The van der Waals surface area contributed by atoms with E-state index < -0.39 is 0 Å². The van der Waals surface area contributed by atoms with Crippen molar-refractivity contribution in [2.24, 2.45) is 5.92 Å². The molecular formula is C44H87NO2. The zero-order valence-electron chi connectivity index (χ0n) is 33.1. The lowest BCUT2D eigenvalue weighted by Crippen LogP contribution is -2.24. The van der Waals surface area contributed by atoms with Gasteiger partial charge in [0, 0.05) is 25.3 Å². The molecule has 2 unspecified atom stereocenters. The van der Waals surface area contributed by atoms with Gasteiger partial charge in [-0.3, -0.25) is 4.79 Å². The predicted octanol–water partition coefficient (Wildman–Crippen LogP) is 14.6. The first-order chi connectivity index (χ1) is 23.0. The van der Waals surface area contributed by atoms with Crippen LogP contribution in [0.5, 0.6) is 0 Å². The number of allylic oxidation sites excluding steroid dienone is 1. The van der Waals surface area contributed by atoms with Gasteiger partial charge in [-0.05, 0) is 51.5 Å². The van der Waals surface area contributed by atoms with Crippen LogP contribution in [0.2, 0.25) is 0 Å². The van der Waals surface area contributed by atoms with Crippen LogP contribution in [0, 0.1) is 5.92 Å². The number of ether oxygens (including phenoxy) is 1. The molecule has 0 aromatic rings. The van der Waals surface area contributed by atoms with Gasteiger partial charge in [0.25, 0.3) is 0 Å². The van der Waals surface area contributed by atoms with Crippen LogP contribution < -0.4 is 5.32 Å². The van der Waals surface area contributed by atoms with Gasteiger partial charge in [-0.15, -0.1) is 0 Å². The predicted molar refractivity (Wildman–Crippen MR) is 210 cm³/mol. The summed E-state index contributed by atoms with van der Waals surface area (Å²) in [6.45, 7) is 13.2. The van der Waals surface area contributed by atoms with Crippen molar-refractivity contribution >= 4 is 5.78 Å². The summed E-state index contributed by atoms with van der Waals surface area (Å²) >= 11 is 0. The Morgan fingerprint density at radius 3 is 1.43 bits per heavy atom. The van der Waals surface area contributed by atoms with Gasteiger partial charge < -0.3 is 10.1 Å². The third-order valence-electron chi connectivity index (χ3n) is 10.5. The lowest BCUT2D eigenvalue weighted by molar-refractivity contribution is -0.120. The van der Waals surface area contributed by atoms with Crippen LogP contribution in [0.1, 0.15) is 240 Å². The monoisotopic (exact) mass is 662 g/mol. The standard InChI is InChI=1S/C44H87NO2/c1-7-11-14-16-21-27-33-41(34-28-22-17-15-12-8-2)39-43(46)37-31-25-19-24-30-36-42(45-6)35-29-23-18-20-26-32-40(5)47-44(10-4)38-13-9-3/h41-42,44-45H,5,7-39H2,1-4,6H3. The second kappa shape index (κ2) is 36.5. The minimum atomic E-state index is 0.368. The van der Waals surface area contributed by atoms with E-state index in [0.717, 1.165) is 37.9 Å². The molecule has 2 atom stereocenters. The number of carbonyl (C=O) groups excluding carboxylic acids is 1. The van der Waals surface area contributed by atoms with E-state index in [-0.39, 0.29) is 0 Å².